The van der Waals surface area contributed by atoms with E-state index in [-0.39, 0.29) is 17.3 Å². The molecular formula is C18H21F3N6O2. The van der Waals surface area contributed by atoms with Crippen molar-refractivity contribution in [3.8, 4) is 0 Å². The van der Waals surface area contributed by atoms with E-state index in [1.54, 1.807) is 0 Å². The Hall–Kier alpha value is -2.95. The van der Waals surface area contributed by atoms with Crippen LogP contribution in [0.3, 0.4) is 0 Å². The molecule has 0 aromatic carbocycles. The van der Waals surface area contributed by atoms with Crippen molar-refractivity contribution in [2.24, 2.45) is 5.92 Å². The third-order valence-electron chi connectivity index (χ3n) is 4.86. The molecule has 1 amide bonds. The Morgan fingerprint density at radius 3 is 2.48 bits per heavy atom. The van der Waals surface area contributed by atoms with Gasteiger partial charge in [-0.2, -0.15) is 13.2 Å². The first-order chi connectivity index (χ1) is 13.8. The third-order valence-corrected chi connectivity index (χ3v) is 4.86. The molecule has 1 unspecified atom stereocenters. The Balaban J connectivity index is 1.79. The van der Waals surface area contributed by atoms with Crippen LogP contribution in [0.4, 0.5) is 24.9 Å². The van der Waals surface area contributed by atoms with Gasteiger partial charge in [-0.3, -0.25) is 10.0 Å². The van der Waals surface area contributed by atoms with E-state index in [1.807, 2.05) is 16.7 Å². The molecule has 2 aromatic heterocycles. The summed E-state index contributed by atoms with van der Waals surface area (Å²) in [6, 6.07) is 2.03. The van der Waals surface area contributed by atoms with Crippen molar-refractivity contribution in [2.45, 2.75) is 19.5 Å². The maximum Gasteiger partial charge on any atom is 0.416 e. The van der Waals surface area contributed by atoms with Gasteiger partial charge >= 0.3 is 6.18 Å². The summed E-state index contributed by atoms with van der Waals surface area (Å²) in [5, 5.41) is 8.67. The summed E-state index contributed by atoms with van der Waals surface area (Å²) in [5.74, 6) is 0.159. The van der Waals surface area contributed by atoms with Crippen molar-refractivity contribution in [3.05, 3.63) is 41.9 Å². The van der Waals surface area contributed by atoms with Crippen molar-refractivity contribution in [2.75, 3.05) is 36.0 Å². The molecule has 0 aliphatic carbocycles. The van der Waals surface area contributed by atoms with Gasteiger partial charge in [0, 0.05) is 44.8 Å². The van der Waals surface area contributed by atoms with Gasteiger partial charge in [0.05, 0.1) is 11.1 Å². The first-order valence-corrected chi connectivity index (χ1v) is 9.11. The van der Waals surface area contributed by atoms with Gasteiger partial charge in [-0.05, 0) is 24.5 Å². The Kier molecular flexibility index (Phi) is 6.16. The quantitative estimate of drug-likeness (QED) is 0.590. The van der Waals surface area contributed by atoms with Gasteiger partial charge in [0.1, 0.15) is 5.82 Å². The summed E-state index contributed by atoms with van der Waals surface area (Å²) in [4.78, 5) is 27.7. The van der Waals surface area contributed by atoms with Crippen molar-refractivity contribution in [1.82, 2.24) is 20.4 Å². The number of alkyl halides is 3. The summed E-state index contributed by atoms with van der Waals surface area (Å²) in [6.45, 7) is 4.14. The van der Waals surface area contributed by atoms with Gasteiger partial charge in [0.2, 0.25) is 5.95 Å². The number of anilines is 2. The second-order valence-electron chi connectivity index (χ2n) is 6.78. The van der Waals surface area contributed by atoms with E-state index >= 15 is 0 Å². The van der Waals surface area contributed by atoms with Gasteiger partial charge in [-0.15, -0.1) is 0 Å². The van der Waals surface area contributed by atoms with Crippen LogP contribution in [0, 0.1) is 5.92 Å². The molecule has 0 radical (unpaired) electrons. The smallest absolute Gasteiger partial charge is 0.354 e. The number of rotatable bonds is 4. The third kappa shape index (κ3) is 4.91. The number of aromatic nitrogens is 3. The number of nitrogens with zero attached hydrogens (tertiary/aromatic N) is 5. The molecule has 156 valence electrons. The summed E-state index contributed by atoms with van der Waals surface area (Å²) in [5.41, 5.74) is 0.913. The maximum absolute atomic E-state index is 13.0. The molecule has 0 spiro atoms. The van der Waals surface area contributed by atoms with Crippen LogP contribution in [-0.2, 0) is 6.18 Å². The molecule has 0 saturated carbocycles. The SMILES string of the molecule is CCC1CN(c2cc(C(F)(F)F)ccn2)CCN(c2ncc(C(=O)NO)cn2)C1. The van der Waals surface area contributed by atoms with Crippen LogP contribution in [0.5, 0.6) is 0 Å². The number of halogens is 3. The Labute approximate surface area is 165 Å². The molecule has 1 atom stereocenters. The molecule has 2 aromatic rings. The lowest BCUT2D eigenvalue weighted by Crippen LogP contribution is -2.32. The molecule has 1 aliphatic heterocycles. The van der Waals surface area contributed by atoms with Gasteiger partial charge in [-0.1, -0.05) is 6.92 Å². The first kappa shape index (κ1) is 20.8. The minimum absolute atomic E-state index is 0.118. The van der Waals surface area contributed by atoms with Crippen molar-refractivity contribution in [1.29, 1.82) is 0 Å². The highest BCUT2D eigenvalue weighted by atomic mass is 19.4. The maximum atomic E-state index is 13.0. The standard InChI is InChI=1S/C18H21F3N6O2/c1-2-12-10-26(15-7-14(3-4-22-15)18(19,20)21)5-6-27(11-12)17-23-8-13(9-24-17)16(28)25-29/h3-4,7-9,12,29H,2,5-6,10-11H2,1H3,(H,25,28). The summed E-state index contributed by atoms with van der Waals surface area (Å²) < 4.78 is 39.1. The van der Waals surface area contributed by atoms with Crippen LogP contribution >= 0.6 is 0 Å². The van der Waals surface area contributed by atoms with Gasteiger partial charge < -0.3 is 9.80 Å². The van der Waals surface area contributed by atoms with E-state index in [4.69, 9.17) is 5.21 Å². The van der Waals surface area contributed by atoms with Crippen molar-refractivity contribution in [3.63, 3.8) is 0 Å². The van der Waals surface area contributed by atoms with Gasteiger partial charge in [0.15, 0.2) is 0 Å². The number of carbonyl (C=O) groups is 1. The fourth-order valence-corrected chi connectivity index (χ4v) is 3.19. The highest BCUT2D eigenvalue weighted by Gasteiger charge is 2.32. The molecule has 2 N–H and O–H groups in total. The fraction of sp³-hybridized carbons (Fsp3) is 0.444. The van der Waals surface area contributed by atoms with Crippen molar-refractivity contribution < 1.29 is 23.2 Å². The summed E-state index contributed by atoms with van der Waals surface area (Å²) >= 11 is 0. The number of hydrogen-bond acceptors (Lipinski definition) is 7. The Morgan fingerprint density at radius 2 is 1.86 bits per heavy atom. The highest BCUT2D eigenvalue weighted by Crippen LogP contribution is 2.31. The predicted octanol–water partition coefficient (Wildman–Crippen LogP) is 2.36. The Bertz CT molecular complexity index is 846. The molecule has 3 heterocycles. The minimum atomic E-state index is -4.42. The number of pyridine rings is 1. The fourth-order valence-electron chi connectivity index (χ4n) is 3.19. The zero-order valence-electron chi connectivity index (χ0n) is 15.7. The van der Waals surface area contributed by atoms with Crippen LogP contribution in [0.15, 0.2) is 30.7 Å². The summed E-state index contributed by atoms with van der Waals surface area (Å²) in [6.07, 6.45) is 0.195. The molecule has 3 rings (SSSR count). The molecular weight excluding hydrogens is 389 g/mol. The zero-order chi connectivity index (χ0) is 21.0. The van der Waals surface area contributed by atoms with Crippen LogP contribution in [-0.4, -0.2) is 52.2 Å². The predicted molar refractivity (Wildman–Crippen MR) is 98.7 cm³/mol. The molecule has 1 saturated heterocycles. The van der Waals surface area contributed by atoms with Crippen molar-refractivity contribution >= 4 is 17.7 Å². The van der Waals surface area contributed by atoms with Gasteiger partial charge in [0.25, 0.3) is 5.91 Å². The number of hydroxylamine groups is 1. The monoisotopic (exact) mass is 410 g/mol. The van der Waals surface area contributed by atoms with Crippen LogP contribution in [0.1, 0.15) is 29.3 Å². The normalized spacial score (nSPS) is 17.8. The average molecular weight is 410 g/mol. The number of hydrogen-bond donors (Lipinski definition) is 2. The van der Waals surface area contributed by atoms with E-state index < -0.39 is 17.6 Å². The molecule has 1 aliphatic rings. The largest absolute Gasteiger partial charge is 0.416 e. The number of nitrogens with one attached hydrogen (secondary N) is 1. The number of amides is 1. The average Bonchev–Trinajstić information content (AvgIpc) is 2.95. The lowest BCUT2D eigenvalue weighted by Gasteiger charge is -2.24. The lowest BCUT2D eigenvalue weighted by molar-refractivity contribution is -0.137. The zero-order valence-corrected chi connectivity index (χ0v) is 15.7. The first-order valence-electron chi connectivity index (χ1n) is 9.11. The van der Waals surface area contributed by atoms with E-state index in [0.717, 1.165) is 18.6 Å². The molecule has 8 nitrogen and oxygen atoms in total. The second kappa shape index (κ2) is 8.60. The van der Waals surface area contributed by atoms with Crippen LogP contribution in [0.25, 0.3) is 0 Å². The van der Waals surface area contributed by atoms with E-state index in [9.17, 15) is 18.0 Å². The molecule has 0 bridgehead atoms. The highest BCUT2D eigenvalue weighted by molar-refractivity contribution is 5.92. The summed E-state index contributed by atoms with van der Waals surface area (Å²) in [7, 11) is 0. The number of carbonyl (C=O) groups excluding carboxylic acids is 1. The van der Waals surface area contributed by atoms with Crippen LogP contribution < -0.4 is 15.3 Å². The molecule has 1 fully saturated rings. The lowest BCUT2D eigenvalue weighted by atomic mass is 10.1. The molecule has 11 heteroatoms. The van der Waals surface area contributed by atoms with Gasteiger partial charge in [-0.25, -0.2) is 20.4 Å². The topological polar surface area (TPSA) is 94.5 Å². The van der Waals surface area contributed by atoms with E-state index in [0.29, 0.717) is 32.1 Å². The minimum Gasteiger partial charge on any atom is -0.354 e. The second-order valence-corrected chi connectivity index (χ2v) is 6.78. The van der Waals surface area contributed by atoms with E-state index in [1.165, 1.54) is 24.1 Å². The Morgan fingerprint density at radius 1 is 1.21 bits per heavy atom. The molecule has 29 heavy (non-hydrogen) atoms. The van der Waals surface area contributed by atoms with E-state index in [2.05, 4.69) is 15.0 Å². The van der Waals surface area contributed by atoms with Crippen LogP contribution in [0.2, 0.25) is 0 Å².